The topological polar surface area (TPSA) is 30.8 Å². The van der Waals surface area contributed by atoms with Crippen molar-refractivity contribution in [1.82, 2.24) is 0 Å². The molecule has 0 N–H and O–H groups in total. The number of rotatable bonds is 7. The highest BCUT2D eigenvalue weighted by Crippen LogP contribution is 2.24. The lowest BCUT2D eigenvalue weighted by atomic mass is 9.95. The molecule has 0 atom stereocenters. The molecule has 0 aliphatic rings. The number of aryl methyl sites for hydroxylation is 2. The second-order valence-corrected chi connectivity index (χ2v) is 6.15. The van der Waals surface area contributed by atoms with Gasteiger partial charge in [-0.3, -0.25) is 0 Å². The molecule has 3 heteroatoms. The minimum atomic E-state index is 0.610. The zero-order chi connectivity index (χ0) is 20.2. The molecule has 0 amide bonds. The lowest BCUT2D eigenvalue weighted by Gasteiger charge is -2.13. The Morgan fingerprint density at radius 2 is 1.63 bits per heavy atom. The minimum Gasteiger partial charge on any atom is -0.490 e. The molecular weight excluding hydrogens is 334 g/mol. The molecule has 0 spiro atoms. The van der Waals surface area contributed by atoms with Gasteiger partial charge in [-0.1, -0.05) is 55.4 Å². The fraction of sp³-hybridized carbons (Fsp3) is 0.375. The number of hydrogen-bond acceptors (Lipinski definition) is 3. The first kappa shape index (κ1) is 22.5. The predicted molar refractivity (Wildman–Crippen MR) is 116 cm³/mol. The molecule has 0 fully saturated rings. The largest absolute Gasteiger partial charge is 0.490 e. The zero-order valence-electron chi connectivity index (χ0n) is 17.8. The van der Waals surface area contributed by atoms with Crippen molar-refractivity contribution in [3.8, 4) is 5.75 Å². The van der Waals surface area contributed by atoms with Crippen LogP contribution in [0.4, 0.5) is 0 Å². The molecule has 146 valence electrons. The molecule has 0 unspecified atom stereocenters. The van der Waals surface area contributed by atoms with Crippen LogP contribution in [-0.4, -0.2) is 19.4 Å². The van der Waals surface area contributed by atoms with Gasteiger partial charge in [0, 0.05) is 0 Å². The monoisotopic (exact) mass is 367 g/mol. The van der Waals surface area contributed by atoms with Crippen molar-refractivity contribution >= 4 is 5.71 Å². The third-order valence-corrected chi connectivity index (χ3v) is 4.23. The summed E-state index contributed by atoms with van der Waals surface area (Å²) in [6.45, 7) is 12.8. The second kappa shape index (κ2) is 11.9. The Hall–Kier alpha value is -2.55. The maximum atomic E-state index is 5.77. The van der Waals surface area contributed by atoms with E-state index in [0.717, 1.165) is 23.4 Å². The van der Waals surface area contributed by atoms with Crippen LogP contribution in [0, 0.1) is 13.8 Å². The highest BCUT2D eigenvalue weighted by molar-refractivity contribution is 5.98. The fourth-order valence-corrected chi connectivity index (χ4v) is 2.81. The van der Waals surface area contributed by atoms with Crippen molar-refractivity contribution in [2.45, 2.75) is 48.0 Å². The fourth-order valence-electron chi connectivity index (χ4n) is 2.81. The van der Waals surface area contributed by atoms with Crippen LogP contribution in [0.2, 0.25) is 0 Å². The molecule has 0 bridgehead atoms. The molecular formula is C24H33NO2. The van der Waals surface area contributed by atoms with Crippen molar-refractivity contribution < 1.29 is 9.57 Å². The second-order valence-electron chi connectivity index (χ2n) is 6.15. The molecule has 0 saturated heterocycles. The summed E-state index contributed by atoms with van der Waals surface area (Å²) in [6, 6.07) is 12.7. The third-order valence-electron chi connectivity index (χ3n) is 4.23. The molecule has 0 aromatic heterocycles. The summed E-state index contributed by atoms with van der Waals surface area (Å²) < 4.78 is 5.77. The third kappa shape index (κ3) is 6.93. The Morgan fingerprint density at radius 3 is 2.15 bits per heavy atom. The van der Waals surface area contributed by atoms with Gasteiger partial charge < -0.3 is 9.57 Å². The van der Waals surface area contributed by atoms with E-state index < -0.39 is 0 Å². The SMILES string of the molecule is C/C=C/COc1cc(C)c(Cc2ccc(/C(C)=N\OC)cc2)c(C)c1.CC. The lowest BCUT2D eigenvalue weighted by molar-refractivity contribution is 0.213. The maximum absolute atomic E-state index is 5.77. The molecule has 2 rings (SSSR count). The number of benzene rings is 2. The van der Waals surface area contributed by atoms with Gasteiger partial charge in [0.25, 0.3) is 0 Å². The summed E-state index contributed by atoms with van der Waals surface area (Å²) in [4.78, 5) is 4.83. The summed E-state index contributed by atoms with van der Waals surface area (Å²) >= 11 is 0. The normalized spacial score (nSPS) is 11.1. The Balaban J connectivity index is 0.00000176. The number of hydrogen-bond donors (Lipinski definition) is 0. The highest BCUT2D eigenvalue weighted by Gasteiger charge is 2.08. The van der Waals surface area contributed by atoms with E-state index >= 15 is 0 Å². The van der Waals surface area contributed by atoms with Crippen molar-refractivity contribution in [3.05, 3.63) is 76.4 Å². The number of oxime groups is 1. The average Bonchev–Trinajstić information content (AvgIpc) is 2.67. The smallest absolute Gasteiger partial charge is 0.120 e. The molecule has 0 radical (unpaired) electrons. The van der Waals surface area contributed by atoms with Crippen LogP contribution in [0.25, 0.3) is 0 Å². The Morgan fingerprint density at radius 1 is 1.04 bits per heavy atom. The Bertz CT molecular complexity index is 735. The molecule has 2 aromatic carbocycles. The summed E-state index contributed by atoms with van der Waals surface area (Å²) in [5.74, 6) is 0.929. The van der Waals surface area contributed by atoms with E-state index in [2.05, 4.69) is 55.4 Å². The van der Waals surface area contributed by atoms with Gasteiger partial charge in [-0.2, -0.15) is 0 Å². The molecule has 0 aliphatic heterocycles. The van der Waals surface area contributed by atoms with Crippen molar-refractivity contribution in [2.75, 3.05) is 13.7 Å². The Kier molecular flexibility index (Phi) is 9.95. The van der Waals surface area contributed by atoms with Crippen LogP contribution in [0.1, 0.15) is 55.5 Å². The predicted octanol–water partition coefficient (Wildman–Crippen LogP) is 6.25. The molecule has 27 heavy (non-hydrogen) atoms. The minimum absolute atomic E-state index is 0.610. The van der Waals surface area contributed by atoms with Crippen LogP contribution < -0.4 is 4.74 Å². The maximum Gasteiger partial charge on any atom is 0.120 e. The van der Waals surface area contributed by atoms with Gasteiger partial charge in [-0.15, -0.1) is 0 Å². The molecule has 0 saturated carbocycles. The van der Waals surface area contributed by atoms with Gasteiger partial charge in [0.2, 0.25) is 0 Å². The van der Waals surface area contributed by atoms with Crippen LogP contribution in [0.15, 0.2) is 53.7 Å². The molecule has 0 aliphatic carbocycles. The van der Waals surface area contributed by atoms with Crippen LogP contribution in [0.3, 0.4) is 0 Å². The number of nitrogens with zero attached hydrogens (tertiary/aromatic N) is 1. The molecule has 2 aromatic rings. The lowest BCUT2D eigenvalue weighted by Crippen LogP contribution is -2.00. The van der Waals surface area contributed by atoms with Gasteiger partial charge in [0.1, 0.15) is 19.5 Å². The first-order valence-corrected chi connectivity index (χ1v) is 9.56. The van der Waals surface area contributed by atoms with Crippen LogP contribution in [-0.2, 0) is 11.3 Å². The highest BCUT2D eigenvalue weighted by atomic mass is 16.6. The zero-order valence-corrected chi connectivity index (χ0v) is 17.8. The molecule has 0 heterocycles. The number of allylic oxidation sites excluding steroid dienone is 1. The summed E-state index contributed by atoms with van der Waals surface area (Å²) in [6.07, 6.45) is 4.92. The first-order chi connectivity index (χ1) is 13.0. The standard InChI is InChI=1S/C22H27NO2.C2H6/c1-6-7-12-25-21-13-16(2)22(17(3)14-21)15-19-8-10-20(11-9-19)18(4)23-24-5;1-2/h6-11,13-14H,12,15H2,1-5H3;1-2H3/b7-6+,23-18-;. The quantitative estimate of drug-likeness (QED) is 0.329. The van der Waals surface area contributed by atoms with E-state index in [0.29, 0.717) is 6.61 Å². The van der Waals surface area contributed by atoms with Gasteiger partial charge in [0.05, 0.1) is 5.71 Å². The van der Waals surface area contributed by atoms with E-state index in [1.807, 2.05) is 39.8 Å². The summed E-state index contributed by atoms with van der Waals surface area (Å²) in [5.41, 5.74) is 7.11. The van der Waals surface area contributed by atoms with Crippen LogP contribution >= 0.6 is 0 Å². The van der Waals surface area contributed by atoms with Crippen LogP contribution in [0.5, 0.6) is 5.75 Å². The van der Waals surface area contributed by atoms with Gasteiger partial charge in [-0.25, -0.2) is 0 Å². The number of ether oxygens (including phenoxy) is 1. The van der Waals surface area contributed by atoms with E-state index in [1.54, 1.807) is 7.11 Å². The summed E-state index contributed by atoms with van der Waals surface area (Å²) in [7, 11) is 1.56. The first-order valence-electron chi connectivity index (χ1n) is 9.56. The van der Waals surface area contributed by atoms with Crippen molar-refractivity contribution in [2.24, 2.45) is 5.16 Å². The summed E-state index contributed by atoms with van der Waals surface area (Å²) in [5, 5.41) is 3.97. The van der Waals surface area contributed by atoms with Crippen molar-refractivity contribution in [1.29, 1.82) is 0 Å². The van der Waals surface area contributed by atoms with Gasteiger partial charge >= 0.3 is 0 Å². The average molecular weight is 368 g/mol. The van der Waals surface area contributed by atoms with E-state index in [-0.39, 0.29) is 0 Å². The van der Waals surface area contributed by atoms with Gasteiger partial charge in [-0.05, 0) is 74.1 Å². The van der Waals surface area contributed by atoms with Gasteiger partial charge in [0.15, 0.2) is 0 Å². The Labute approximate surface area is 164 Å². The van der Waals surface area contributed by atoms with E-state index in [1.165, 1.54) is 22.3 Å². The van der Waals surface area contributed by atoms with E-state index in [9.17, 15) is 0 Å². The van der Waals surface area contributed by atoms with E-state index in [4.69, 9.17) is 9.57 Å². The van der Waals surface area contributed by atoms with Crippen molar-refractivity contribution in [3.63, 3.8) is 0 Å². The molecule has 3 nitrogen and oxygen atoms in total.